The fourth-order valence-electron chi connectivity index (χ4n) is 2.61. The summed E-state index contributed by atoms with van der Waals surface area (Å²) in [7, 11) is 0. The number of amides is 1. The summed E-state index contributed by atoms with van der Waals surface area (Å²) in [5.74, 6) is -0.212. The molecule has 0 spiro atoms. The Morgan fingerprint density at radius 1 is 1.22 bits per heavy atom. The molecule has 0 atom stereocenters. The van der Waals surface area contributed by atoms with Gasteiger partial charge in [-0.25, -0.2) is 9.67 Å². The van der Waals surface area contributed by atoms with Gasteiger partial charge < -0.3 is 0 Å². The van der Waals surface area contributed by atoms with Gasteiger partial charge in [0.1, 0.15) is 6.33 Å². The van der Waals surface area contributed by atoms with Crippen molar-refractivity contribution in [3.05, 3.63) is 69.8 Å². The minimum absolute atomic E-state index is 0.212. The van der Waals surface area contributed by atoms with Crippen LogP contribution in [0.3, 0.4) is 0 Å². The minimum Gasteiger partial charge on any atom is -0.298 e. The van der Waals surface area contributed by atoms with Gasteiger partial charge in [0.2, 0.25) is 0 Å². The molecule has 4 rings (SSSR count). The number of benzene rings is 2. The molecule has 0 aliphatic rings. The van der Waals surface area contributed by atoms with E-state index in [0.717, 1.165) is 27.0 Å². The maximum Gasteiger partial charge on any atom is 0.257 e. The molecule has 0 aliphatic carbocycles. The van der Waals surface area contributed by atoms with E-state index in [4.69, 9.17) is 0 Å². The first kappa shape index (κ1) is 17.5. The van der Waals surface area contributed by atoms with Crippen molar-refractivity contribution in [2.75, 3.05) is 5.32 Å². The molecule has 1 amide bonds. The summed E-state index contributed by atoms with van der Waals surface area (Å²) in [6.45, 7) is 1.91. The number of tetrazole rings is 1. The second kappa shape index (κ2) is 7.37. The average Bonchev–Trinajstić information content (AvgIpc) is 3.33. The highest BCUT2D eigenvalue weighted by atomic mass is 79.9. The fourth-order valence-corrected chi connectivity index (χ4v) is 3.72. The van der Waals surface area contributed by atoms with E-state index in [9.17, 15) is 4.79 Å². The Hall–Kier alpha value is -2.91. The van der Waals surface area contributed by atoms with Gasteiger partial charge in [0, 0.05) is 21.0 Å². The molecule has 2 aromatic carbocycles. The number of nitrogens with one attached hydrogen (secondary N) is 1. The standard InChI is InChI=1S/C18H13BrN6OS/c1-11-7-13(5-6-16(11)25-10-20-23-24-25)17(26)22-18-21-15(9-27-18)12-3-2-4-14(19)8-12/h2-10H,1H3,(H,21,22,26). The molecular formula is C18H13BrN6OS. The van der Waals surface area contributed by atoms with Gasteiger partial charge in [0.15, 0.2) is 5.13 Å². The molecule has 1 N–H and O–H groups in total. The van der Waals surface area contributed by atoms with Gasteiger partial charge >= 0.3 is 0 Å². The number of carbonyl (C=O) groups excluding carboxylic acids is 1. The first-order chi connectivity index (χ1) is 13.1. The zero-order chi connectivity index (χ0) is 18.8. The van der Waals surface area contributed by atoms with Crippen molar-refractivity contribution in [2.45, 2.75) is 6.92 Å². The number of carbonyl (C=O) groups is 1. The van der Waals surface area contributed by atoms with Gasteiger partial charge in [-0.15, -0.1) is 16.4 Å². The third-order valence-corrected chi connectivity index (χ3v) is 5.15. The van der Waals surface area contributed by atoms with Gasteiger partial charge in [-0.2, -0.15) is 0 Å². The van der Waals surface area contributed by atoms with Crippen LogP contribution < -0.4 is 5.32 Å². The molecule has 2 aromatic heterocycles. The van der Waals surface area contributed by atoms with E-state index in [2.05, 4.69) is 41.8 Å². The maximum atomic E-state index is 12.6. The number of aromatic nitrogens is 5. The number of anilines is 1. The molecule has 2 heterocycles. The van der Waals surface area contributed by atoms with Gasteiger partial charge in [0.05, 0.1) is 11.4 Å². The normalized spacial score (nSPS) is 10.7. The molecule has 0 bridgehead atoms. The lowest BCUT2D eigenvalue weighted by molar-refractivity contribution is 0.102. The summed E-state index contributed by atoms with van der Waals surface area (Å²) in [6.07, 6.45) is 1.51. The predicted molar refractivity (Wildman–Crippen MR) is 107 cm³/mol. The van der Waals surface area contributed by atoms with E-state index in [0.29, 0.717) is 10.7 Å². The van der Waals surface area contributed by atoms with E-state index in [1.807, 2.05) is 42.6 Å². The summed E-state index contributed by atoms with van der Waals surface area (Å²) in [5, 5.41) is 16.5. The van der Waals surface area contributed by atoms with Crippen molar-refractivity contribution < 1.29 is 4.79 Å². The highest BCUT2D eigenvalue weighted by molar-refractivity contribution is 9.10. The Labute approximate surface area is 167 Å². The van der Waals surface area contributed by atoms with Crippen molar-refractivity contribution in [1.29, 1.82) is 0 Å². The highest BCUT2D eigenvalue weighted by Gasteiger charge is 2.12. The quantitative estimate of drug-likeness (QED) is 0.515. The Bertz CT molecular complexity index is 1110. The Morgan fingerprint density at radius 2 is 2.11 bits per heavy atom. The largest absolute Gasteiger partial charge is 0.298 e. The zero-order valence-corrected chi connectivity index (χ0v) is 16.5. The highest BCUT2D eigenvalue weighted by Crippen LogP contribution is 2.27. The van der Waals surface area contributed by atoms with E-state index in [1.165, 1.54) is 17.7 Å². The first-order valence-electron chi connectivity index (χ1n) is 7.97. The van der Waals surface area contributed by atoms with Crippen LogP contribution in [0.1, 0.15) is 15.9 Å². The van der Waals surface area contributed by atoms with E-state index in [1.54, 1.807) is 16.8 Å². The van der Waals surface area contributed by atoms with Crippen molar-refractivity contribution in [3.8, 4) is 16.9 Å². The lowest BCUT2D eigenvalue weighted by Crippen LogP contribution is -2.12. The molecule has 0 aliphatic heterocycles. The lowest BCUT2D eigenvalue weighted by Gasteiger charge is -2.07. The summed E-state index contributed by atoms with van der Waals surface area (Å²) in [6, 6.07) is 13.2. The minimum atomic E-state index is -0.212. The van der Waals surface area contributed by atoms with Crippen LogP contribution in [0.15, 0.2) is 58.6 Å². The third-order valence-electron chi connectivity index (χ3n) is 3.90. The van der Waals surface area contributed by atoms with Crippen LogP contribution in [0.4, 0.5) is 5.13 Å². The SMILES string of the molecule is Cc1cc(C(=O)Nc2nc(-c3cccc(Br)c3)cs2)ccc1-n1cnnn1. The van der Waals surface area contributed by atoms with Gasteiger partial charge in [-0.3, -0.25) is 10.1 Å². The second-order valence-corrected chi connectivity index (χ2v) is 7.53. The number of nitrogens with zero attached hydrogens (tertiary/aromatic N) is 5. The average molecular weight is 441 g/mol. The second-order valence-electron chi connectivity index (χ2n) is 5.76. The maximum absolute atomic E-state index is 12.6. The number of thiazole rings is 1. The van der Waals surface area contributed by atoms with E-state index < -0.39 is 0 Å². The van der Waals surface area contributed by atoms with E-state index in [-0.39, 0.29) is 5.91 Å². The van der Waals surface area contributed by atoms with Crippen molar-refractivity contribution in [1.82, 2.24) is 25.2 Å². The molecule has 0 saturated carbocycles. The summed E-state index contributed by atoms with van der Waals surface area (Å²) in [5.41, 5.74) is 4.07. The van der Waals surface area contributed by atoms with Crippen molar-refractivity contribution in [2.24, 2.45) is 0 Å². The molecule has 0 fully saturated rings. The van der Waals surface area contributed by atoms with Crippen LogP contribution in [0.5, 0.6) is 0 Å². The number of halogens is 1. The van der Waals surface area contributed by atoms with Gasteiger partial charge in [0.25, 0.3) is 5.91 Å². The Kier molecular flexibility index (Phi) is 4.78. The van der Waals surface area contributed by atoms with Crippen LogP contribution >= 0.6 is 27.3 Å². The topological polar surface area (TPSA) is 85.6 Å². The van der Waals surface area contributed by atoms with Crippen LogP contribution in [0.2, 0.25) is 0 Å². The molecule has 27 heavy (non-hydrogen) atoms. The summed E-state index contributed by atoms with van der Waals surface area (Å²) < 4.78 is 2.54. The molecular weight excluding hydrogens is 428 g/mol. The predicted octanol–water partition coefficient (Wildman–Crippen LogP) is 4.11. The summed E-state index contributed by atoms with van der Waals surface area (Å²) in [4.78, 5) is 17.1. The third kappa shape index (κ3) is 3.79. The monoisotopic (exact) mass is 440 g/mol. The smallest absolute Gasteiger partial charge is 0.257 e. The Balaban J connectivity index is 1.52. The van der Waals surface area contributed by atoms with Crippen LogP contribution in [0.25, 0.3) is 16.9 Å². The number of hydrogen-bond donors (Lipinski definition) is 1. The molecule has 0 radical (unpaired) electrons. The molecule has 9 heteroatoms. The Morgan fingerprint density at radius 3 is 2.85 bits per heavy atom. The van der Waals surface area contributed by atoms with Gasteiger partial charge in [-0.05, 0) is 53.2 Å². The molecule has 4 aromatic rings. The number of rotatable bonds is 4. The van der Waals surface area contributed by atoms with Crippen LogP contribution in [-0.4, -0.2) is 31.1 Å². The first-order valence-corrected chi connectivity index (χ1v) is 9.64. The zero-order valence-electron chi connectivity index (χ0n) is 14.1. The number of hydrogen-bond acceptors (Lipinski definition) is 6. The molecule has 0 saturated heterocycles. The van der Waals surface area contributed by atoms with Crippen molar-refractivity contribution in [3.63, 3.8) is 0 Å². The van der Waals surface area contributed by atoms with E-state index >= 15 is 0 Å². The molecule has 0 unspecified atom stereocenters. The fraction of sp³-hybridized carbons (Fsp3) is 0.0556. The van der Waals surface area contributed by atoms with Crippen molar-refractivity contribution >= 4 is 38.3 Å². The lowest BCUT2D eigenvalue weighted by atomic mass is 10.1. The van der Waals surface area contributed by atoms with Gasteiger partial charge in [-0.1, -0.05) is 28.1 Å². The summed E-state index contributed by atoms with van der Waals surface area (Å²) >= 11 is 4.85. The van der Waals surface area contributed by atoms with Crippen LogP contribution in [0, 0.1) is 6.92 Å². The molecule has 7 nitrogen and oxygen atoms in total. The number of aryl methyl sites for hydroxylation is 1. The molecule has 134 valence electrons. The van der Waals surface area contributed by atoms with Crippen LogP contribution in [-0.2, 0) is 0 Å².